The molecule has 0 saturated carbocycles. The molecule has 6 aliphatic heterocycles. The minimum absolute atomic E-state index is 0.514. The third-order valence-corrected chi connectivity index (χ3v) is 5.26. The predicted octanol–water partition coefficient (Wildman–Crippen LogP) is 3.59. The molecule has 6 rings (SSSR count). The predicted molar refractivity (Wildman–Crippen MR) is 97.3 cm³/mol. The molecule has 0 bridgehead atoms. The fourth-order valence-electron chi connectivity index (χ4n) is 4.35. The summed E-state index contributed by atoms with van der Waals surface area (Å²) < 4.78 is 0. The molecule has 4 nitrogen and oxygen atoms in total. The second kappa shape index (κ2) is 4.36. The summed E-state index contributed by atoms with van der Waals surface area (Å²) in [6, 6.07) is 0. The quantitative estimate of drug-likeness (QED) is 0.675. The Morgan fingerprint density at radius 3 is 0.960 bits per heavy atom. The molecule has 25 heavy (non-hydrogen) atoms. The zero-order valence-electron chi connectivity index (χ0n) is 13.5. The molecule has 1 spiro atoms. The SMILES string of the molecule is C1=CC2=C3C=CC=CN3C3(N2C=C1)N1C=CC=CC1=C1C=CC=CN13. The fraction of sp³-hybridized carbons (Fsp3) is 0.0476. The number of allylic oxidation sites excluding steroid dienone is 12. The van der Waals surface area contributed by atoms with Crippen LogP contribution in [0.2, 0.25) is 0 Å². The molecule has 0 aliphatic carbocycles. The van der Waals surface area contributed by atoms with Crippen LogP contribution in [0, 0.1) is 0 Å². The van der Waals surface area contributed by atoms with Gasteiger partial charge in [-0.05, 0) is 48.6 Å². The highest BCUT2D eigenvalue weighted by Crippen LogP contribution is 2.53. The molecule has 4 heteroatoms. The molecule has 0 fully saturated rings. The van der Waals surface area contributed by atoms with Crippen LogP contribution in [0.1, 0.15) is 0 Å². The molecule has 0 saturated heterocycles. The molecule has 0 aromatic carbocycles. The average Bonchev–Trinajstić information content (AvgIpc) is 3.16. The maximum Gasteiger partial charge on any atom is 0.294 e. The minimum Gasteiger partial charge on any atom is -0.286 e. The Bertz CT molecular complexity index is 818. The van der Waals surface area contributed by atoms with Crippen LogP contribution in [0.3, 0.4) is 0 Å². The summed E-state index contributed by atoms with van der Waals surface area (Å²) in [6.07, 6.45) is 34.2. The molecule has 0 radical (unpaired) electrons. The number of hydrogen-bond acceptors (Lipinski definition) is 4. The highest BCUT2D eigenvalue weighted by Gasteiger charge is 2.61. The van der Waals surface area contributed by atoms with Gasteiger partial charge in [0.05, 0.1) is 22.8 Å². The van der Waals surface area contributed by atoms with Gasteiger partial charge in [-0.2, -0.15) is 0 Å². The van der Waals surface area contributed by atoms with Crippen LogP contribution >= 0.6 is 0 Å². The lowest BCUT2D eigenvalue weighted by atomic mass is 10.2. The Labute approximate surface area is 146 Å². The van der Waals surface area contributed by atoms with Gasteiger partial charge in [0.2, 0.25) is 0 Å². The smallest absolute Gasteiger partial charge is 0.286 e. The van der Waals surface area contributed by atoms with Gasteiger partial charge < -0.3 is 0 Å². The summed E-state index contributed by atoms with van der Waals surface area (Å²) in [5.74, 6) is -0.514. The molecule has 120 valence electrons. The van der Waals surface area contributed by atoms with Gasteiger partial charge in [-0.1, -0.05) is 24.3 Å². The summed E-state index contributed by atoms with van der Waals surface area (Å²) in [4.78, 5) is 9.40. The van der Waals surface area contributed by atoms with Crippen molar-refractivity contribution in [1.29, 1.82) is 0 Å². The summed E-state index contributed by atoms with van der Waals surface area (Å²) in [5.41, 5.74) is 4.81. The molecule has 0 aromatic rings. The van der Waals surface area contributed by atoms with E-state index in [2.05, 4.69) is 117 Å². The van der Waals surface area contributed by atoms with Crippen LogP contribution in [0.25, 0.3) is 0 Å². The van der Waals surface area contributed by atoms with Gasteiger partial charge in [0.1, 0.15) is 0 Å². The van der Waals surface area contributed by atoms with Crippen LogP contribution < -0.4 is 0 Å². The van der Waals surface area contributed by atoms with Crippen molar-refractivity contribution in [3.05, 3.63) is 121 Å². The van der Waals surface area contributed by atoms with E-state index in [1.54, 1.807) is 0 Å². The topological polar surface area (TPSA) is 13.0 Å². The summed E-state index contributed by atoms with van der Waals surface area (Å²) in [7, 11) is 0. The van der Waals surface area contributed by atoms with E-state index in [0.29, 0.717) is 0 Å². The zero-order chi connectivity index (χ0) is 16.4. The van der Waals surface area contributed by atoms with E-state index in [9.17, 15) is 0 Å². The molecule has 0 N–H and O–H groups in total. The van der Waals surface area contributed by atoms with Crippen LogP contribution in [0.4, 0.5) is 0 Å². The van der Waals surface area contributed by atoms with Crippen molar-refractivity contribution in [1.82, 2.24) is 19.6 Å². The maximum atomic E-state index is 2.35. The van der Waals surface area contributed by atoms with Crippen LogP contribution in [-0.4, -0.2) is 25.5 Å². The molecular formula is C21H16N4. The highest BCUT2D eigenvalue weighted by atomic mass is 15.7. The lowest BCUT2D eigenvalue weighted by Crippen LogP contribution is -2.66. The van der Waals surface area contributed by atoms with Gasteiger partial charge in [-0.15, -0.1) is 0 Å². The van der Waals surface area contributed by atoms with E-state index in [4.69, 9.17) is 0 Å². The van der Waals surface area contributed by atoms with Crippen molar-refractivity contribution >= 4 is 0 Å². The average molecular weight is 324 g/mol. The number of nitrogens with zero attached hydrogens (tertiary/aromatic N) is 4. The first-order chi connectivity index (χ1) is 12.4. The number of fused-ring (bicyclic) bond motifs is 8. The molecule has 0 amide bonds. The largest absolute Gasteiger partial charge is 0.294 e. The van der Waals surface area contributed by atoms with Gasteiger partial charge in [0, 0.05) is 24.8 Å². The van der Waals surface area contributed by atoms with Crippen molar-refractivity contribution in [3.8, 4) is 0 Å². The van der Waals surface area contributed by atoms with E-state index in [1.165, 1.54) is 22.8 Å². The van der Waals surface area contributed by atoms with Crippen LogP contribution in [-0.2, 0) is 0 Å². The van der Waals surface area contributed by atoms with Crippen LogP contribution in [0.15, 0.2) is 121 Å². The summed E-state index contributed by atoms with van der Waals surface area (Å²) in [6.45, 7) is 0. The minimum atomic E-state index is -0.514. The molecule has 6 aliphatic rings. The van der Waals surface area contributed by atoms with Gasteiger partial charge in [0.15, 0.2) is 0 Å². The third-order valence-electron chi connectivity index (χ3n) is 5.26. The van der Waals surface area contributed by atoms with E-state index >= 15 is 0 Å². The maximum absolute atomic E-state index is 2.35. The Morgan fingerprint density at radius 2 is 0.680 bits per heavy atom. The standard InChI is InChI=1S/C21H16N4/c1-5-13-22-17(9-1)18-10-2-6-14-23(18)21(22)24-15-7-3-11-19(24)20-12-4-8-16-25(20)21/h1-16H. The first-order valence-corrected chi connectivity index (χ1v) is 8.48. The van der Waals surface area contributed by atoms with E-state index in [-0.39, 0.29) is 0 Å². The fourth-order valence-corrected chi connectivity index (χ4v) is 4.35. The third kappa shape index (κ3) is 1.35. The highest BCUT2D eigenvalue weighted by molar-refractivity contribution is 5.53. The van der Waals surface area contributed by atoms with Gasteiger partial charge in [0.25, 0.3) is 5.91 Å². The normalized spacial score (nSPS) is 25.6. The molecule has 0 aromatic heterocycles. The van der Waals surface area contributed by atoms with E-state index in [0.717, 1.165) is 0 Å². The number of rotatable bonds is 0. The summed E-state index contributed by atoms with van der Waals surface area (Å²) >= 11 is 0. The van der Waals surface area contributed by atoms with Gasteiger partial charge in [-0.3, -0.25) is 19.6 Å². The summed E-state index contributed by atoms with van der Waals surface area (Å²) in [5, 5.41) is 0. The van der Waals surface area contributed by atoms with Crippen molar-refractivity contribution in [2.24, 2.45) is 0 Å². The Morgan fingerprint density at radius 1 is 0.400 bits per heavy atom. The first kappa shape index (κ1) is 13.0. The Hall–Kier alpha value is -3.40. The molecular weight excluding hydrogens is 308 g/mol. The van der Waals surface area contributed by atoms with Crippen molar-refractivity contribution in [2.45, 2.75) is 5.91 Å². The van der Waals surface area contributed by atoms with Crippen molar-refractivity contribution in [3.63, 3.8) is 0 Å². The number of hydrogen-bond donors (Lipinski definition) is 0. The van der Waals surface area contributed by atoms with Crippen molar-refractivity contribution < 1.29 is 0 Å². The first-order valence-electron chi connectivity index (χ1n) is 8.48. The van der Waals surface area contributed by atoms with Gasteiger partial charge >= 0.3 is 0 Å². The van der Waals surface area contributed by atoms with Crippen LogP contribution in [0.5, 0.6) is 0 Å². The Balaban J connectivity index is 1.65. The second-order valence-electron chi connectivity index (χ2n) is 6.42. The molecule has 0 unspecified atom stereocenters. The monoisotopic (exact) mass is 324 g/mol. The zero-order valence-corrected chi connectivity index (χ0v) is 13.5. The Kier molecular flexibility index (Phi) is 2.26. The van der Waals surface area contributed by atoms with Gasteiger partial charge in [-0.25, -0.2) is 0 Å². The van der Waals surface area contributed by atoms with E-state index in [1.807, 2.05) is 0 Å². The second-order valence-corrected chi connectivity index (χ2v) is 6.42. The van der Waals surface area contributed by atoms with Crippen molar-refractivity contribution in [2.75, 3.05) is 0 Å². The van der Waals surface area contributed by atoms with E-state index < -0.39 is 5.91 Å². The molecule has 0 atom stereocenters. The molecule has 6 heterocycles. The lowest BCUT2D eigenvalue weighted by Gasteiger charge is -2.51. The lowest BCUT2D eigenvalue weighted by molar-refractivity contribution is -0.106.